The van der Waals surface area contributed by atoms with Gasteiger partial charge >= 0.3 is 6.09 Å². The van der Waals surface area contributed by atoms with Crippen molar-refractivity contribution < 1.29 is 17.9 Å². The molecule has 3 saturated carbocycles. The van der Waals surface area contributed by atoms with Gasteiger partial charge in [0.2, 0.25) is 0 Å². The molecule has 39 heavy (non-hydrogen) atoms. The first-order valence-electron chi connectivity index (χ1n) is 13.5. The largest absolute Gasteiger partial charge is 0.444 e. The summed E-state index contributed by atoms with van der Waals surface area (Å²) < 4.78 is 35.8. The fraction of sp³-hybridized carbons (Fsp3) is 0.500. The molecule has 7 rings (SSSR count). The fourth-order valence-electron chi connectivity index (χ4n) is 7.48. The molecule has 3 aliphatic rings. The molecular formula is C28H32N6O4S. The van der Waals surface area contributed by atoms with Crippen LogP contribution in [0.3, 0.4) is 0 Å². The van der Waals surface area contributed by atoms with Gasteiger partial charge in [0, 0.05) is 17.2 Å². The molecule has 3 heterocycles. The Morgan fingerprint density at radius 3 is 2.56 bits per heavy atom. The third kappa shape index (κ3) is 3.41. The maximum Gasteiger partial charge on any atom is 0.408 e. The first kappa shape index (κ1) is 24.6. The van der Waals surface area contributed by atoms with Crippen molar-refractivity contribution >= 4 is 32.9 Å². The topological polar surface area (TPSA) is 120 Å². The number of amides is 1. The summed E-state index contributed by atoms with van der Waals surface area (Å²) in [5, 5.41) is 12.4. The molecule has 2 bridgehead atoms. The van der Waals surface area contributed by atoms with Crippen molar-refractivity contribution in [3.63, 3.8) is 0 Å². The van der Waals surface area contributed by atoms with Gasteiger partial charge < -0.3 is 10.1 Å². The minimum atomic E-state index is -3.83. The molecule has 4 atom stereocenters. The number of alkyl carbamates (subject to hydrolysis) is 1. The summed E-state index contributed by atoms with van der Waals surface area (Å²) in [6.45, 7) is 7.55. The van der Waals surface area contributed by atoms with E-state index >= 15 is 0 Å². The Morgan fingerprint density at radius 2 is 1.85 bits per heavy atom. The SMILES string of the molecule is Cc1ccc(S(=O)(=O)n2ccc3c2ncc2nnc(C45CCC6C4CC6(NC(=O)OC(C)(C)C)CC5)n23)cc1. The second-order valence-corrected chi connectivity index (χ2v) is 14.3. The Bertz CT molecular complexity index is 1750. The van der Waals surface area contributed by atoms with E-state index in [9.17, 15) is 13.2 Å². The summed E-state index contributed by atoms with van der Waals surface area (Å²) in [6, 6.07) is 8.60. The minimum absolute atomic E-state index is 0.173. The molecule has 10 nitrogen and oxygen atoms in total. The van der Waals surface area contributed by atoms with E-state index < -0.39 is 15.6 Å². The molecule has 0 aliphatic heterocycles. The lowest BCUT2D eigenvalue weighted by atomic mass is 9.47. The molecule has 11 heteroatoms. The van der Waals surface area contributed by atoms with Crippen molar-refractivity contribution in [1.29, 1.82) is 0 Å². The number of nitrogens with zero attached hydrogens (tertiary/aromatic N) is 5. The van der Waals surface area contributed by atoms with Gasteiger partial charge in [-0.1, -0.05) is 17.7 Å². The smallest absolute Gasteiger partial charge is 0.408 e. The number of benzene rings is 1. The number of carbonyl (C=O) groups is 1. The number of carbonyl (C=O) groups excluding carboxylic acids is 1. The number of nitrogens with one attached hydrogen (secondary N) is 1. The van der Waals surface area contributed by atoms with E-state index in [2.05, 4.69) is 20.5 Å². The third-order valence-electron chi connectivity index (χ3n) is 9.22. The van der Waals surface area contributed by atoms with Crippen molar-refractivity contribution in [2.75, 3.05) is 0 Å². The Kier molecular flexibility index (Phi) is 4.91. The fourth-order valence-corrected chi connectivity index (χ4v) is 8.78. The Labute approximate surface area is 226 Å². The summed E-state index contributed by atoms with van der Waals surface area (Å²) in [4.78, 5) is 17.4. The molecule has 0 radical (unpaired) electrons. The number of aromatic nitrogens is 5. The number of ether oxygens (including phenoxy) is 1. The lowest BCUT2D eigenvalue weighted by Gasteiger charge is -2.61. The molecule has 0 saturated heterocycles. The Hall–Kier alpha value is -3.47. The van der Waals surface area contributed by atoms with Crippen LogP contribution in [0, 0.1) is 18.8 Å². The summed E-state index contributed by atoms with van der Waals surface area (Å²) >= 11 is 0. The molecular weight excluding hydrogens is 516 g/mol. The number of hydrogen-bond acceptors (Lipinski definition) is 7. The number of aryl methyl sites for hydroxylation is 1. The van der Waals surface area contributed by atoms with Crippen LogP contribution in [-0.4, -0.2) is 49.2 Å². The van der Waals surface area contributed by atoms with Crippen LogP contribution in [0.4, 0.5) is 4.79 Å². The van der Waals surface area contributed by atoms with Crippen LogP contribution in [0.1, 0.15) is 64.3 Å². The second kappa shape index (κ2) is 7.80. The number of hydrogen-bond donors (Lipinski definition) is 1. The number of rotatable bonds is 4. The normalized spacial score (nSPS) is 28.0. The van der Waals surface area contributed by atoms with Gasteiger partial charge in [-0.15, -0.1) is 10.2 Å². The van der Waals surface area contributed by atoms with Gasteiger partial charge in [0.1, 0.15) is 11.4 Å². The summed E-state index contributed by atoms with van der Waals surface area (Å²) in [5.41, 5.74) is 1.67. The maximum atomic E-state index is 13.5. The predicted octanol–water partition coefficient (Wildman–Crippen LogP) is 4.35. The quantitative estimate of drug-likeness (QED) is 0.403. The summed E-state index contributed by atoms with van der Waals surface area (Å²) in [6.07, 6.45) is 7.35. The van der Waals surface area contributed by atoms with Gasteiger partial charge in [0.25, 0.3) is 10.0 Å². The van der Waals surface area contributed by atoms with E-state index in [0.717, 1.165) is 43.5 Å². The lowest BCUT2D eigenvalue weighted by molar-refractivity contribution is -0.0622. The summed E-state index contributed by atoms with van der Waals surface area (Å²) in [5.74, 6) is 1.60. The van der Waals surface area contributed by atoms with Crippen molar-refractivity contribution in [2.24, 2.45) is 11.8 Å². The highest BCUT2D eigenvalue weighted by Crippen LogP contribution is 2.69. The van der Waals surface area contributed by atoms with Crippen LogP contribution < -0.4 is 5.32 Å². The lowest BCUT2D eigenvalue weighted by Crippen LogP contribution is -2.69. The number of fused-ring (bicyclic) bond motifs is 5. The molecule has 1 N–H and O–H groups in total. The molecule has 3 fully saturated rings. The maximum absolute atomic E-state index is 13.5. The molecule has 0 spiro atoms. The van der Waals surface area contributed by atoms with Crippen molar-refractivity contribution in [2.45, 2.75) is 81.2 Å². The van der Waals surface area contributed by atoms with Gasteiger partial charge in [0.15, 0.2) is 11.3 Å². The minimum Gasteiger partial charge on any atom is -0.444 e. The predicted molar refractivity (Wildman–Crippen MR) is 144 cm³/mol. The van der Waals surface area contributed by atoms with Gasteiger partial charge in [0.05, 0.1) is 16.6 Å². The van der Waals surface area contributed by atoms with Gasteiger partial charge in [-0.2, -0.15) is 0 Å². The molecule has 204 valence electrons. The zero-order valence-corrected chi connectivity index (χ0v) is 23.3. The van der Waals surface area contributed by atoms with E-state index in [0.29, 0.717) is 28.6 Å². The van der Waals surface area contributed by atoms with Crippen LogP contribution in [-0.2, 0) is 20.2 Å². The van der Waals surface area contributed by atoms with Crippen LogP contribution >= 0.6 is 0 Å². The molecule has 4 unspecified atom stereocenters. The standard InChI is InChI=1S/C28H32N6O4S/c1-17-5-7-18(8-6-17)39(36,37)33-14-10-21-23(33)29-16-22-31-32-24(34(21)22)27-11-9-19-20(27)15-28(19,13-12-27)30-25(35)38-26(2,3)4/h5-8,10,14,16,19-20H,9,11-13,15H2,1-4H3,(H,30,35). The average Bonchev–Trinajstić information content (AvgIpc) is 3.54. The van der Waals surface area contributed by atoms with E-state index in [1.54, 1.807) is 42.7 Å². The van der Waals surface area contributed by atoms with Crippen LogP contribution in [0.5, 0.6) is 0 Å². The molecule has 1 aromatic carbocycles. The molecule has 3 aliphatic carbocycles. The highest BCUT2D eigenvalue weighted by Gasteiger charge is 2.70. The van der Waals surface area contributed by atoms with Crippen LogP contribution in [0.15, 0.2) is 47.6 Å². The second-order valence-electron chi connectivity index (χ2n) is 12.5. The monoisotopic (exact) mass is 548 g/mol. The Morgan fingerprint density at radius 1 is 1.08 bits per heavy atom. The van der Waals surface area contributed by atoms with E-state index in [4.69, 9.17) is 4.74 Å². The third-order valence-corrected chi connectivity index (χ3v) is 10.9. The van der Waals surface area contributed by atoms with Crippen molar-refractivity contribution in [1.82, 2.24) is 28.9 Å². The average molecular weight is 549 g/mol. The van der Waals surface area contributed by atoms with Crippen LogP contribution in [0.25, 0.3) is 16.8 Å². The van der Waals surface area contributed by atoms with Crippen molar-refractivity contribution in [3.8, 4) is 0 Å². The molecule has 4 aromatic rings. The Balaban J connectivity index is 1.26. The zero-order chi connectivity index (χ0) is 27.4. The van der Waals surface area contributed by atoms with E-state index in [1.807, 2.05) is 32.1 Å². The molecule has 3 aromatic heterocycles. The van der Waals surface area contributed by atoms with Crippen LogP contribution in [0.2, 0.25) is 0 Å². The first-order valence-corrected chi connectivity index (χ1v) is 14.9. The summed E-state index contributed by atoms with van der Waals surface area (Å²) in [7, 11) is -3.83. The molecule has 1 amide bonds. The van der Waals surface area contributed by atoms with Gasteiger partial charge in [-0.3, -0.25) is 4.40 Å². The van der Waals surface area contributed by atoms with Crippen molar-refractivity contribution in [3.05, 3.63) is 54.1 Å². The zero-order valence-electron chi connectivity index (χ0n) is 22.5. The van der Waals surface area contributed by atoms with E-state index in [1.165, 1.54) is 3.97 Å². The van der Waals surface area contributed by atoms with E-state index in [-0.39, 0.29) is 21.9 Å². The first-order chi connectivity index (χ1) is 18.4. The highest BCUT2D eigenvalue weighted by atomic mass is 32.2. The highest BCUT2D eigenvalue weighted by molar-refractivity contribution is 7.90. The van der Waals surface area contributed by atoms with Gasteiger partial charge in [-0.25, -0.2) is 22.2 Å². The van der Waals surface area contributed by atoms with Gasteiger partial charge in [-0.05, 0) is 89.8 Å².